The number of fused-ring (bicyclic) bond motifs is 1. The molecule has 1 amide bonds. The molecule has 7 nitrogen and oxygen atoms in total. The largest absolute Gasteiger partial charge is 0.349 e. The number of hydrogen-bond donors (Lipinski definition) is 3. The maximum atomic E-state index is 12.5. The number of carbonyl (C=O) groups excluding carboxylic acids is 1. The van der Waals surface area contributed by atoms with Gasteiger partial charge in [0.05, 0.1) is 5.56 Å². The second-order valence-corrected chi connectivity index (χ2v) is 7.02. The minimum absolute atomic E-state index is 0.257. The van der Waals surface area contributed by atoms with E-state index in [1.54, 1.807) is 31.2 Å². The van der Waals surface area contributed by atoms with Gasteiger partial charge in [0.15, 0.2) is 0 Å². The van der Waals surface area contributed by atoms with Gasteiger partial charge in [-0.1, -0.05) is 25.4 Å². The highest BCUT2D eigenvalue weighted by Gasteiger charge is 2.17. The molecule has 0 saturated carbocycles. The number of nitrogens with one attached hydrogen (secondary N) is 3. The first-order valence-corrected chi connectivity index (χ1v) is 9.70. The van der Waals surface area contributed by atoms with Crippen LogP contribution in [-0.2, 0) is 0 Å². The van der Waals surface area contributed by atoms with Gasteiger partial charge < -0.3 is 20.2 Å². The van der Waals surface area contributed by atoms with Crippen molar-refractivity contribution in [1.82, 2.24) is 25.2 Å². The zero-order valence-corrected chi connectivity index (χ0v) is 17.0. The van der Waals surface area contributed by atoms with Crippen LogP contribution >= 0.6 is 11.6 Å². The number of H-pyrrole nitrogens is 2. The van der Waals surface area contributed by atoms with Crippen molar-refractivity contribution in [2.24, 2.45) is 0 Å². The molecule has 3 N–H and O–H groups in total. The second-order valence-electron chi connectivity index (χ2n) is 6.59. The molecule has 0 saturated heterocycles. The van der Waals surface area contributed by atoms with E-state index in [4.69, 9.17) is 11.6 Å². The molecular weight excluding hydrogens is 378 g/mol. The van der Waals surface area contributed by atoms with Gasteiger partial charge in [-0.15, -0.1) is 0 Å². The van der Waals surface area contributed by atoms with Crippen molar-refractivity contribution in [2.45, 2.75) is 20.8 Å². The van der Waals surface area contributed by atoms with E-state index in [0.29, 0.717) is 39.9 Å². The van der Waals surface area contributed by atoms with Crippen LogP contribution in [0.3, 0.4) is 0 Å². The van der Waals surface area contributed by atoms with E-state index in [9.17, 15) is 9.59 Å². The minimum Gasteiger partial charge on any atom is -0.349 e. The molecule has 0 fully saturated rings. The summed E-state index contributed by atoms with van der Waals surface area (Å²) in [4.78, 5) is 37.4. The van der Waals surface area contributed by atoms with Gasteiger partial charge in [0.1, 0.15) is 11.5 Å². The minimum atomic E-state index is -0.280. The lowest BCUT2D eigenvalue weighted by atomic mass is 10.1. The molecule has 0 aliphatic heterocycles. The van der Waals surface area contributed by atoms with E-state index < -0.39 is 0 Å². The van der Waals surface area contributed by atoms with Crippen LogP contribution in [0.5, 0.6) is 0 Å². The number of hydrogen-bond acceptors (Lipinski definition) is 4. The van der Waals surface area contributed by atoms with E-state index in [1.165, 1.54) is 0 Å². The molecule has 28 heavy (non-hydrogen) atoms. The predicted molar refractivity (Wildman–Crippen MR) is 112 cm³/mol. The lowest BCUT2D eigenvalue weighted by Crippen LogP contribution is -2.35. The fraction of sp³-hybridized carbons (Fsp3) is 0.350. The Kier molecular flexibility index (Phi) is 6.16. The van der Waals surface area contributed by atoms with Crippen molar-refractivity contribution in [3.8, 4) is 11.4 Å². The number of aryl methyl sites for hydroxylation is 1. The molecule has 0 radical (unpaired) electrons. The van der Waals surface area contributed by atoms with Crippen LogP contribution in [0.25, 0.3) is 22.3 Å². The quantitative estimate of drug-likeness (QED) is 0.567. The molecule has 0 bridgehead atoms. The first-order chi connectivity index (χ1) is 13.4. The number of nitrogens with zero attached hydrogens (tertiary/aromatic N) is 2. The summed E-state index contributed by atoms with van der Waals surface area (Å²) in [5.74, 6) is 0.0990. The molecule has 0 aliphatic carbocycles. The van der Waals surface area contributed by atoms with Gasteiger partial charge in [0, 0.05) is 34.7 Å². The van der Waals surface area contributed by atoms with Crippen molar-refractivity contribution >= 4 is 28.4 Å². The number of halogens is 1. The fourth-order valence-electron chi connectivity index (χ4n) is 3.11. The molecule has 3 aromatic rings. The van der Waals surface area contributed by atoms with Crippen molar-refractivity contribution in [2.75, 3.05) is 26.2 Å². The molecule has 1 aromatic carbocycles. The average Bonchev–Trinajstić information content (AvgIpc) is 3.06. The molecule has 8 heteroatoms. The van der Waals surface area contributed by atoms with Gasteiger partial charge in [0.25, 0.3) is 11.5 Å². The molecule has 0 aliphatic rings. The maximum Gasteiger partial charge on any atom is 0.271 e. The molecule has 3 rings (SSSR count). The molecule has 0 unspecified atom stereocenters. The second kappa shape index (κ2) is 8.58. The van der Waals surface area contributed by atoms with E-state index in [2.05, 4.69) is 39.0 Å². The number of aromatic amines is 2. The number of likely N-dealkylation sites (N-methyl/N-ethyl adjacent to an activating group) is 1. The van der Waals surface area contributed by atoms with Crippen molar-refractivity contribution in [3.63, 3.8) is 0 Å². The highest BCUT2D eigenvalue weighted by atomic mass is 35.5. The smallest absolute Gasteiger partial charge is 0.271 e. The van der Waals surface area contributed by atoms with Crippen LogP contribution in [0.1, 0.15) is 30.0 Å². The summed E-state index contributed by atoms with van der Waals surface area (Å²) in [7, 11) is 0. The first-order valence-electron chi connectivity index (χ1n) is 9.33. The third-order valence-electron chi connectivity index (χ3n) is 4.77. The van der Waals surface area contributed by atoms with Crippen molar-refractivity contribution < 1.29 is 4.79 Å². The van der Waals surface area contributed by atoms with Gasteiger partial charge in [-0.2, -0.15) is 0 Å². The van der Waals surface area contributed by atoms with E-state index in [-0.39, 0.29) is 11.5 Å². The van der Waals surface area contributed by atoms with Gasteiger partial charge in [-0.3, -0.25) is 9.59 Å². The highest BCUT2D eigenvalue weighted by Crippen LogP contribution is 2.21. The topological polar surface area (TPSA) is 93.9 Å². The van der Waals surface area contributed by atoms with Crippen LogP contribution in [-0.4, -0.2) is 51.9 Å². The van der Waals surface area contributed by atoms with Crippen molar-refractivity contribution in [3.05, 3.63) is 51.0 Å². The monoisotopic (exact) mass is 401 g/mol. The number of benzene rings is 1. The first kappa shape index (κ1) is 20.1. The number of amides is 1. The summed E-state index contributed by atoms with van der Waals surface area (Å²) in [6.45, 7) is 9.13. The van der Waals surface area contributed by atoms with E-state index in [0.717, 1.165) is 25.0 Å². The number of imidazole rings is 1. The number of rotatable bonds is 7. The third-order valence-corrected chi connectivity index (χ3v) is 5.00. The molecule has 2 heterocycles. The Bertz CT molecular complexity index is 1050. The number of aromatic nitrogens is 3. The normalized spacial score (nSPS) is 11.3. The summed E-state index contributed by atoms with van der Waals surface area (Å²) < 4.78 is 0. The van der Waals surface area contributed by atoms with Gasteiger partial charge in [-0.05, 0) is 44.3 Å². The third kappa shape index (κ3) is 4.26. The fourth-order valence-corrected chi connectivity index (χ4v) is 3.29. The zero-order chi connectivity index (χ0) is 20.3. The maximum absolute atomic E-state index is 12.5. The van der Waals surface area contributed by atoms with Gasteiger partial charge >= 0.3 is 0 Å². The summed E-state index contributed by atoms with van der Waals surface area (Å²) in [6, 6.07) is 6.97. The van der Waals surface area contributed by atoms with E-state index >= 15 is 0 Å². The number of pyridine rings is 1. The molecule has 148 valence electrons. The van der Waals surface area contributed by atoms with Crippen LogP contribution in [0.2, 0.25) is 5.02 Å². The number of carbonyl (C=O) groups is 1. The van der Waals surface area contributed by atoms with Crippen LogP contribution in [0, 0.1) is 6.92 Å². The Morgan fingerprint density at radius 1 is 1.21 bits per heavy atom. The molecule has 0 atom stereocenters. The summed E-state index contributed by atoms with van der Waals surface area (Å²) in [6.07, 6.45) is 0. The van der Waals surface area contributed by atoms with Gasteiger partial charge in [-0.25, -0.2) is 4.98 Å². The Labute approximate surface area is 168 Å². The average molecular weight is 402 g/mol. The lowest BCUT2D eigenvalue weighted by Gasteiger charge is -2.17. The lowest BCUT2D eigenvalue weighted by molar-refractivity contribution is 0.0944. The summed E-state index contributed by atoms with van der Waals surface area (Å²) >= 11 is 6.05. The van der Waals surface area contributed by atoms with Crippen LogP contribution < -0.4 is 10.9 Å². The Morgan fingerprint density at radius 2 is 1.96 bits per heavy atom. The summed E-state index contributed by atoms with van der Waals surface area (Å²) in [5, 5.41) is 4.26. The highest BCUT2D eigenvalue weighted by molar-refractivity contribution is 6.31. The van der Waals surface area contributed by atoms with Crippen LogP contribution in [0.15, 0.2) is 29.1 Å². The molecular formula is C20H24ClN5O2. The standard InChI is InChI=1S/C20H24ClN5O2/c1-4-26(5-2)9-8-22-20(28)17-12(3)23-18(25-17)15-11-13-10-14(21)6-7-16(13)24-19(15)27/h6-7,10-11H,4-5,8-9H2,1-3H3,(H,22,28)(H,23,25)(H,24,27). The van der Waals surface area contributed by atoms with Crippen molar-refractivity contribution in [1.29, 1.82) is 0 Å². The Hall–Kier alpha value is -2.64. The Balaban J connectivity index is 1.84. The van der Waals surface area contributed by atoms with Crippen LogP contribution in [0.4, 0.5) is 0 Å². The molecule has 0 spiro atoms. The zero-order valence-electron chi connectivity index (χ0n) is 16.2. The summed E-state index contributed by atoms with van der Waals surface area (Å²) in [5.41, 5.74) is 1.67. The molecule has 2 aromatic heterocycles. The Morgan fingerprint density at radius 3 is 2.68 bits per heavy atom. The van der Waals surface area contributed by atoms with E-state index in [1.807, 2.05) is 0 Å². The predicted octanol–water partition coefficient (Wildman–Crippen LogP) is 2.95. The van der Waals surface area contributed by atoms with Gasteiger partial charge in [0.2, 0.25) is 0 Å². The SMILES string of the molecule is CCN(CC)CCNC(=O)c1nc(-c2cc3cc(Cl)ccc3[nH]c2=O)[nH]c1C.